The van der Waals surface area contributed by atoms with E-state index in [-0.39, 0.29) is 12.0 Å². The monoisotopic (exact) mass is 206 g/mol. The first-order valence-electron chi connectivity index (χ1n) is 5.14. The third-order valence-electron chi connectivity index (χ3n) is 2.99. The molecule has 1 heterocycles. The molecule has 2 rings (SSSR count). The molecule has 80 valence electrons. The highest BCUT2D eigenvalue weighted by molar-refractivity contribution is 5.07. The zero-order valence-corrected chi connectivity index (χ0v) is 8.79. The predicted molar refractivity (Wildman–Crippen MR) is 52.9 cm³/mol. The maximum atomic E-state index is 8.55. The molecule has 1 fully saturated rings. The average molecular weight is 206 g/mol. The number of H-pyrrole nitrogens is 1. The highest BCUT2D eigenvalue weighted by atomic mass is 16.5. The third kappa shape index (κ3) is 1.73. The molecular formula is C10H14N4O. The van der Waals surface area contributed by atoms with Crippen LogP contribution in [0.1, 0.15) is 37.3 Å². The van der Waals surface area contributed by atoms with Crippen LogP contribution in [0.4, 0.5) is 0 Å². The van der Waals surface area contributed by atoms with Crippen molar-refractivity contribution in [1.29, 1.82) is 5.26 Å². The Hall–Kier alpha value is -1.41. The van der Waals surface area contributed by atoms with Crippen LogP contribution in [0, 0.1) is 11.3 Å². The van der Waals surface area contributed by atoms with Crippen LogP contribution in [0.5, 0.6) is 0 Å². The quantitative estimate of drug-likeness (QED) is 0.808. The molecule has 0 unspecified atom stereocenters. The standard InChI is InChI=1S/C10H14N4O/c1-15-10(5-2-3-6-10)9-12-8(4-7-11)13-14-9/h2-6H2,1H3,(H,12,13,14). The number of methoxy groups -OCH3 is 1. The lowest BCUT2D eigenvalue weighted by Gasteiger charge is -2.23. The first-order chi connectivity index (χ1) is 7.30. The Morgan fingerprint density at radius 2 is 2.27 bits per heavy atom. The zero-order chi connectivity index (χ0) is 10.7. The highest BCUT2D eigenvalue weighted by Crippen LogP contribution is 2.39. The van der Waals surface area contributed by atoms with E-state index in [0.29, 0.717) is 11.6 Å². The van der Waals surface area contributed by atoms with Crippen molar-refractivity contribution in [3.63, 3.8) is 0 Å². The fourth-order valence-corrected chi connectivity index (χ4v) is 2.12. The average Bonchev–Trinajstić information content (AvgIpc) is 2.86. The fraction of sp³-hybridized carbons (Fsp3) is 0.700. The zero-order valence-electron chi connectivity index (χ0n) is 8.79. The molecule has 0 amide bonds. The summed E-state index contributed by atoms with van der Waals surface area (Å²) < 4.78 is 5.55. The number of nitriles is 1. The number of rotatable bonds is 3. The minimum atomic E-state index is -0.315. The van der Waals surface area contributed by atoms with Crippen molar-refractivity contribution in [2.24, 2.45) is 0 Å². The van der Waals surface area contributed by atoms with Crippen LogP contribution in [-0.4, -0.2) is 22.3 Å². The van der Waals surface area contributed by atoms with E-state index < -0.39 is 0 Å². The molecule has 1 aliphatic rings. The Kier molecular flexibility index (Phi) is 2.69. The van der Waals surface area contributed by atoms with Gasteiger partial charge in [-0.25, -0.2) is 4.98 Å². The Bertz CT molecular complexity index is 373. The molecule has 1 aliphatic carbocycles. The minimum Gasteiger partial charge on any atom is -0.370 e. The van der Waals surface area contributed by atoms with Crippen LogP contribution in [0.2, 0.25) is 0 Å². The van der Waals surface area contributed by atoms with Crippen LogP contribution in [0.3, 0.4) is 0 Å². The molecule has 1 aromatic heterocycles. The predicted octanol–water partition coefficient (Wildman–Crippen LogP) is 1.29. The van der Waals surface area contributed by atoms with E-state index >= 15 is 0 Å². The smallest absolute Gasteiger partial charge is 0.182 e. The summed E-state index contributed by atoms with van der Waals surface area (Å²) in [6, 6.07) is 2.04. The molecule has 5 nitrogen and oxygen atoms in total. The van der Waals surface area contributed by atoms with E-state index in [1.54, 1.807) is 7.11 Å². The number of ether oxygens (including phenoxy) is 1. The van der Waals surface area contributed by atoms with Gasteiger partial charge >= 0.3 is 0 Å². The number of nitrogens with one attached hydrogen (secondary N) is 1. The van der Waals surface area contributed by atoms with Gasteiger partial charge in [0.15, 0.2) is 5.82 Å². The van der Waals surface area contributed by atoms with Gasteiger partial charge in [-0.2, -0.15) is 10.4 Å². The second-order valence-electron chi connectivity index (χ2n) is 3.85. The van der Waals surface area contributed by atoms with Crippen LogP contribution in [-0.2, 0) is 16.8 Å². The number of hydrogen-bond acceptors (Lipinski definition) is 4. The molecule has 0 radical (unpaired) electrons. The van der Waals surface area contributed by atoms with Gasteiger partial charge in [0.05, 0.1) is 12.5 Å². The van der Waals surface area contributed by atoms with Gasteiger partial charge < -0.3 is 4.74 Å². The molecule has 0 aliphatic heterocycles. The minimum absolute atomic E-state index is 0.271. The summed E-state index contributed by atoms with van der Waals surface area (Å²) in [4.78, 5) is 4.31. The molecule has 15 heavy (non-hydrogen) atoms. The molecule has 0 saturated heterocycles. The summed E-state index contributed by atoms with van der Waals surface area (Å²) >= 11 is 0. The van der Waals surface area contributed by atoms with Gasteiger partial charge in [-0.15, -0.1) is 0 Å². The van der Waals surface area contributed by atoms with Gasteiger partial charge in [0.1, 0.15) is 11.4 Å². The molecule has 1 saturated carbocycles. The number of hydrogen-bond donors (Lipinski definition) is 1. The lowest BCUT2D eigenvalue weighted by atomic mass is 10.0. The molecule has 1 N–H and O–H groups in total. The number of aromatic amines is 1. The fourth-order valence-electron chi connectivity index (χ4n) is 2.12. The second kappa shape index (κ2) is 3.99. The van der Waals surface area contributed by atoms with Crippen molar-refractivity contribution in [3.05, 3.63) is 11.6 Å². The largest absolute Gasteiger partial charge is 0.370 e. The molecule has 5 heteroatoms. The van der Waals surface area contributed by atoms with Crippen LogP contribution in [0.15, 0.2) is 0 Å². The maximum Gasteiger partial charge on any atom is 0.182 e. The molecule has 0 spiro atoms. The van der Waals surface area contributed by atoms with E-state index in [9.17, 15) is 0 Å². The van der Waals surface area contributed by atoms with Gasteiger partial charge in [0.25, 0.3) is 0 Å². The first kappa shape index (κ1) is 10.1. The van der Waals surface area contributed by atoms with Crippen molar-refractivity contribution < 1.29 is 4.74 Å². The van der Waals surface area contributed by atoms with Crippen LogP contribution < -0.4 is 0 Å². The summed E-state index contributed by atoms with van der Waals surface area (Å²) in [5.74, 6) is 1.32. The lowest BCUT2D eigenvalue weighted by molar-refractivity contribution is -0.0160. The number of nitrogens with zero attached hydrogens (tertiary/aromatic N) is 3. The van der Waals surface area contributed by atoms with Crippen LogP contribution >= 0.6 is 0 Å². The summed E-state index contributed by atoms with van der Waals surface area (Å²) in [7, 11) is 1.70. The van der Waals surface area contributed by atoms with Gasteiger partial charge in [-0.05, 0) is 25.7 Å². The van der Waals surface area contributed by atoms with Crippen molar-refractivity contribution >= 4 is 0 Å². The number of aromatic nitrogens is 3. The van der Waals surface area contributed by atoms with Gasteiger partial charge in [-0.1, -0.05) is 0 Å². The Labute approximate surface area is 88.5 Å². The van der Waals surface area contributed by atoms with E-state index in [1.807, 2.05) is 6.07 Å². The topological polar surface area (TPSA) is 74.6 Å². The molecule has 1 aromatic rings. The second-order valence-corrected chi connectivity index (χ2v) is 3.85. The van der Waals surface area contributed by atoms with Crippen molar-refractivity contribution in [2.75, 3.05) is 7.11 Å². The molecule has 0 aromatic carbocycles. The molecule has 0 bridgehead atoms. The van der Waals surface area contributed by atoms with Gasteiger partial charge in [-0.3, -0.25) is 5.10 Å². The van der Waals surface area contributed by atoms with E-state index in [2.05, 4.69) is 15.2 Å². The van der Waals surface area contributed by atoms with E-state index in [1.165, 1.54) is 0 Å². The first-order valence-corrected chi connectivity index (χ1v) is 5.14. The Morgan fingerprint density at radius 3 is 2.87 bits per heavy atom. The third-order valence-corrected chi connectivity index (χ3v) is 2.99. The summed E-state index contributed by atoms with van der Waals surface area (Å²) in [6.45, 7) is 0. The van der Waals surface area contributed by atoms with Crippen molar-refractivity contribution in [2.45, 2.75) is 37.7 Å². The maximum absolute atomic E-state index is 8.55. The summed E-state index contributed by atoms with van der Waals surface area (Å²) in [5, 5.41) is 15.5. The lowest BCUT2D eigenvalue weighted by Crippen LogP contribution is -2.26. The van der Waals surface area contributed by atoms with Crippen LogP contribution in [0.25, 0.3) is 0 Å². The Morgan fingerprint density at radius 1 is 1.53 bits per heavy atom. The van der Waals surface area contributed by atoms with Gasteiger partial charge in [0, 0.05) is 7.11 Å². The van der Waals surface area contributed by atoms with E-state index in [4.69, 9.17) is 10.00 Å². The summed E-state index contributed by atoms with van der Waals surface area (Å²) in [5.41, 5.74) is -0.315. The molecular weight excluding hydrogens is 192 g/mol. The molecule has 0 atom stereocenters. The normalized spacial score (nSPS) is 18.9. The van der Waals surface area contributed by atoms with Crippen molar-refractivity contribution in [3.8, 4) is 6.07 Å². The van der Waals surface area contributed by atoms with Crippen molar-refractivity contribution in [1.82, 2.24) is 15.2 Å². The van der Waals surface area contributed by atoms with E-state index in [0.717, 1.165) is 25.7 Å². The highest BCUT2D eigenvalue weighted by Gasteiger charge is 2.39. The summed E-state index contributed by atoms with van der Waals surface area (Å²) in [6.07, 6.45) is 4.50. The Balaban J connectivity index is 2.23. The SMILES string of the molecule is COC1(c2n[nH]c(CC#N)n2)CCCC1. The van der Waals surface area contributed by atoms with Gasteiger partial charge in [0.2, 0.25) is 0 Å².